The van der Waals surface area contributed by atoms with E-state index in [0.717, 1.165) is 0 Å². The molecule has 0 aliphatic rings. The van der Waals surface area contributed by atoms with E-state index in [0.29, 0.717) is 6.29 Å². The van der Waals surface area contributed by atoms with Crippen molar-refractivity contribution in [2.24, 2.45) is 0 Å². The first-order valence-corrected chi connectivity index (χ1v) is 5.51. The Morgan fingerprint density at radius 3 is 2.30 bits per heavy atom. The van der Waals surface area contributed by atoms with Crippen molar-refractivity contribution in [2.45, 2.75) is 12.5 Å². The standard InChI is InChI=1S/C12H11F4NO3/c1-17-8(2-3-18)9(19)5-20-12-10(15)6(13)4-7(14)11(12)16/h3-4,8,17H,2,5H2,1H3. The van der Waals surface area contributed by atoms with Crippen molar-refractivity contribution >= 4 is 12.1 Å². The van der Waals surface area contributed by atoms with Crippen LogP contribution < -0.4 is 10.1 Å². The van der Waals surface area contributed by atoms with Gasteiger partial charge in [-0.1, -0.05) is 0 Å². The van der Waals surface area contributed by atoms with E-state index in [9.17, 15) is 27.2 Å². The van der Waals surface area contributed by atoms with Crippen molar-refractivity contribution < 1.29 is 31.9 Å². The fraction of sp³-hybridized carbons (Fsp3) is 0.333. The number of ketones is 1. The number of nitrogens with one attached hydrogen (secondary N) is 1. The lowest BCUT2D eigenvalue weighted by molar-refractivity contribution is -0.124. The average Bonchev–Trinajstić information content (AvgIpc) is 2.42. The van der Waals surface area contributed by atoms with Crippen molar-refractivity contribution in [3.8, 4) is 5.75 Å². The van der Waals surface area contributed by atoms with Crippen LogP contribution in [-0.2, 0) is 9.59 Å². The van der Waals surface area contributed by atoms with Crippen molar-refractivity contribution in [3.05, 3.63) is 29.3 Å². The van der Waals surface area contributed by atoms with Gasteiger partial charge in [-0.25, -0.2) is 8.78 Å². The normalized spacial score (nSPS) is 12.1. The lowest BCUT2D eigenvalue weighted by Gasteiger charge is -2.13. The fourth-order valence-electron chi connectivity index (χ4n) is 1.43. The summed E-state index contributed by atoms with van der Waals surface area (Å²) in [5.41, 5.74) is 0. The van der Waals surface area contributed by atoms with E-state index in [-0.39, 0.29) is 12.5 Å². The van der Waals surface area contributed by atoms with Crippen molar-refractivity contribution in [3.63, 3.8) is 0 Å². The van der Waals surface area contributed by atoms with E-state index in [1.54, 1.807) is 0 Å². The molecule has 110 valence electrons. The highest BCUT2D eigenvalue weighted by Gasteiger charge is 2.23. The number of carbonyl (C=O) groups excluding carboxylic acids is 2. The third-order valence-corrected chi connectivity index (χ3v) is 2.50. The molecule has 1 N–H and O–H groups in total. The second-order valence-electron chi connectivity index (χ2n) is 3.80. The minimum absolute atomic E-state index is 0.0299. The minimum atomic E-state index is -1.73. The zero-order chi connectivity index (χ0) is 15.3. The maximum absolute atomic E-state index is 13.2. The molecule has 20 heavy (non-hydrogen) atoms. The summed E-state index contributed by atoms with van der Waals surface area (Å²) in [6.45, 7) is -0.837. The molecule has 0 spiro atoms. The van der Waals surface area contributed by atoms with Crippen LogP contribution in [0.4, 0.5) is 17.6 Å². The van der Waals surface area contributed by atoms with Crippen LogP contribution in [0.3, 0.4) is 0 Å². The van der Waals surface area contributed by atoms with Crippen LogP contribution in [-0.4, -0.2) is 31.8 Å². The number of hydrogen-bond acceptors (Lipinski definition) is 4. The fourth-order valence-corrected chi connectivity index (χ4v) is 1.43. The molecule has 8 heteroatoms. The molecule has 0 fully saturated rings. The second-order valence-corrected chi connectivity index (χ2v) is 3.80. The summed E-state index contributed by atoms with van der Waals surface area (Å²) >= 11 is 0. The Kier molecular flexibility index (Phi) is 5.63. The SMILES string of the molecule is CNC(CC=O)C(=O)COc1c(F)c(F)cc(F)c1F. The Bertz CT molecular complexity index is 496. The highest BCUT2D eigenvalue weighted by molar-refractivity contribution is 5.87. The van der Waals surface area contributed by atoms with Gasteiger partial charge in [-0.2, -0.15) is 8.78 Å². The number of hydrogen-bond donors (Lipinski definition) is 1. The van der Waals surface area contributed by atoms with E-state index in [1.165, 1.54) is 7.05 Å². The van der Waals surface area contributed by atoms with Crippen LogP contribution >= 0.6 is 0 Å². The third-order valence-electron chi connectivity index (χ3n) is 2.50. The van der Waals surface area contributed by atoms with Gasteiger partial charge in [0.25, 0.3) is 0 Å². The summed E-state index contributed by atoms with van der Waals surface area (Å²) in [4.78, 5) is 21.8. The number of Topliss-reactive ketones (excluding diaryl/α,β-unsaturated/α-hetero) is 1. The predicted molar refractivity (Wildman–Crippen MR) is 60.3 cm³/mol. The monoisotopic (exact) mass is 293 g/mol. The summed E-state index contributed by atoms with van der Waals surface area (Å²) < 4.78 is 56.7. The van der Waals surface area contributed by atoms with Gasteiger partial charge in [0, 0.05) is 12.5 Å². The van der Waals surface area contributed by atoms with E-state index >= 15 is 0 Å². The number of ether oxygens (including phenoxy) is 1. The Labute approximate surface area is 111 Å². The second kappa shape index (κ2) is 6.99. The van der Waals surface area contributed by atoms with Gasteiger partial charge >= 0.3 is 0 Å². The lowest BCUT2D eigenvalue weighted by Crippen LogP contribution is -2.37. The highest BCUT2D eigenvalue weighted by Crippen LogP contribution is 2.26. The molecule has 0 radical (unpaired) electrons. The van der Waals surface area contributed by atoms with Gasteiger partial charge in [0.05, 0.1) is 6.04 Å². The molecule has 0 saturated carbocycles. The molecule has 0 amide bonds. The quantitative estimate of drug-likeness (QED) is 0.468. The largest absolute Gasteiger partial charge is 0.479 e. The molecule has 1 unspecified atom stereocenters. The summed E-state index contributed by atoms with van der Waals surface area (Å²) in [5, 5.41) is 2.49. The minimum Gasteiger partial charge on any atom is -0.479 e. The molecule has 0 heterocycles. The molecule has 0 aromatic heterocycles. The number of benzene rings is 1. The van der Waals surface area contributed by atoms with Gasteiger partial charge in [0.1, 0.15) is 12.9 Å². The van der Waals surface area contributed by atoms with Crippen LogP contribution in [0.25, 0.3) is 0 Å². The van der Waals surface area contributed by atoms with Crippen LogP contribution in [0.15, 0.2) is 6.07 Å². The first-order valence-electron chi connectivity index (χ1n) is 5.51. The lowest BCUT2D eigenvalue weighted by atomic mass is 10.1. The molecule has 0 bridgehead atoms. The van der Waals surface area contributed by atoms with Crippen molar-refractivity contribution in [1.29, 1.82) is 0 Å². The van der Waals surface area contributed by atoms with Crippen LogP contribution in [0.1, 0.15) is 6.42 Å². The third kappa shape index (κ3) is 3.53. The van der Waals surface area contributed by atoms with Crippen LogP contribution in [0, 0.1) is 23.3 Å². The molecule has 1 atom stereocenters. The van der Waals surface area contributed by atoms with Crippen molar-refractivity contribution in [1.82, 2.24) is 5.32 Å². The zero-order valence-corrected chi connectivity index (χ0v) is 10.4. The maximum atomic E-state index is 13.2. The van der Waals surface area contributed by atoms with Crippen LogP contribution in [0.2, 0.25) is 0 Å². The van der Waals surface area contributed by atoms with Crippen LogP contribution in [0.5, 0.6) is 5.75 Å². The van der Waals surface area contributed by atoms with E-state index in [4.69, 9.17) is 0 Å². The van der Waals surface area contributed by atoms with Crippen molar-refractivity contribution in [2.75, 3.05) is 13.7 Å². The number of carbonyl (C=O) groups is 2. The number of halogens is 4. The molecular weight excluding hydrogens is 282 g/mol. The molecule has 0 aliphatic carbocycles. The summed E-state index contributed by atoms with van der Waals surface area (Å²) in [5.74, 6) is -8.73. The van der Waals surface area contributed by atoms with Gasteiger partial charge in [0.15, 0.2) is 23.2 Å². The molecule has 1 aromatic rings. The first kappa shape index (κ1) is 16.1. The van der Waals surface area contributed by atoms with E-state index in [1.807, 2.05) is 0 Å². The Morgan fingerprint density at radius 2 is 1.85 bits per heavy atom. The Balaban J connectivity index is 2.85. The number of rotatable bonds is 7. The van der Waals surface area contributed by atoms with Gasteiger partial charge in [-0.05, 0) is 7.05 Å². The van der Waals surface area contributed by atoms with E-state index < -0.39 is 47.5 Å². The number of likely N-dealkylation sites (N-methyl/N-ethyl adjacent to an activating group) is 1. The van der Waals surface area contributed by atoms with E-state index in [2.05, 4.69) is 10.1 Å². The smallest absolute Gasteiger partial charge is 0.203 e. The molecular formula is C12H11F4NO3. The predicted octanol–water partition coefficient (Wildman–Crippen LogP) is 1.37. The Morgan fingerprint density at radius 1 is 1.30 bits per heavy atom. The number of aldehydes is 1. The van der Waals surface area contributed by atoms with Gasteiger partial charge in [0.2, 0.25) is 11.6 Å². The summed E-state index contributed by atoms with van der Waals surface area (Å²) in [7, 11) is 1.40. The Hall–Kier alpha value is -1.96. The van der Waals surface area contributed by atoms with Gasteiger partial charge < -0.3 is 14.8 Å². The molecule has 0 saturated heterocycles. The maximum Gasteiger partial charge on any atom is 0.203 e. The molecule has 0 aliphatic heterocycles. The topological polar surface area (TPSA) is 55.4 Å². The highest BCUT2D eigenvalue weighted by atomic mass is 19.2. The molecule has 1 rings (SSSR count). The molecule has 4 nitrogen and oxygen atoms in total. The average molecular weight is 293 g/mol. The first-order chi connectivity index (χ1) is 9.42. The summed E-state index contributed by atoms with van der Waals surface area (Å²) in [6.07, 6.45) is 0.309. The van der Waals surface area contributed by atoms with Gasteiger partial charge in [-0.3, -0.25) is 4.79 Å². The molecule has 1 aromatic carbocycles. The summed E-state index contributed by atoms with van der Waals surface area (Å²) in [6, 6.07) is -0.876. The van der Waals surface area contributed by atoms with Gasteiger partial charge in [-0.15, -0.1) is 0 Å². The zero-order valence-electron chi connectivity index (χ0n) is 10.4.